The van der Waals surface area contributed by atoms with Gasteiger partial charge in [0.25, 0.3) is 0 Å². The monoisotopic (exact) mass is 393 g/mol. The molecule has 4 rings (SSSR count). The fourth-order valence-corrected chi connectivity index (χ4v) is 5.09. The van der Waals surface area contributed by atoms with Gasteiger partial charge in [0.1, 0.15) is 0 Å². The van der Waals surface area contributed by atoms with E-state index in [1.54, 1.807) is 0 Å². The van der Waals surface area contributed by atoms with Gasteiger partial charge in [-0.1, -0.05) is 18.2 Å². The number of thiophene rings is 1. The number of rotatable bonds is 5. The zero-order chi connectivity index (χ0) is 17.1. The lowest BCUT2D eigenvalue weighted by molar-refractivity contribution is -0.123. The third-order valence-electron chi connectivity index (χ3n) is 5.50. The zero-order valence-corrected chi connectivity index (χ0v) is 16.7. The fourth-order valence-electron chi connectivity index (χ4n) is 4.13. The second-order valence-electron chi connectivity index (χ2n) is 7.39. The first-order chi connectivity index (χ1) is 12.3. The first-order valence-corrected chi connectivity index (χ1v) is 10.4. The van der Waals surface area contributed by atoms with E-state index < -0.39 is 0 Å². The number of hydrogen-bond donors (Lipinski definition) is 2. The van der Waals surface area contributed by atoms with Crippen LogP contribution in [0.5, 0.6) is 0 Å². The first kappa shape index (κ1) is 19.6. The van der Waals surface area contributed by atoms with E-state index in [-0.39, 0.29) is 24.4 Å². The molecule has 142 valence electrons. The Bertz CT molecular complexity index is 729. The Kier molecular flexibility index (Phi) is 6.92. The van der Waals surface area contributed by atoms with Crippen molar-refractivity contribution in [1.29, 1.82) is 0 Å². The van der Waals surface area contributed by atoms with Gasteiger partial charge in [0, 0.05) is 24.3 Å². The molecule has 2 unspecified atom stereocenters. The zero-order valence-electron chi connectivity index (χ0n) is 15.1. The summed E-state index contributed by atoms with van der Waals surface area (Å²) in [7, 11) is 0. The maximum Gasteiger partial charge on any atom is 0.237 e. The van der Waals surface area contributed by atoms with Crippen molar-refractivity contribution < 1.29 is 4.79 Å². The van der Waals surface area contributed by atoms with Gasteiger partial charge in [0.2, 0.25) is 5.91 Å². The van der Waals surface area contributed by atoms with Crippen LogP contribution in [0.25, 0.3) is 10.1 Å². The van der Waals surface area contributed by atoms with Crippen LogP contribution in [0.3, 0.4) is 0 Å². The molecule has 2 aliphatic rings. The van der Waals surface area contributed by atoms with Gasteiger partial charge in [-0.2, -0.15) is 0 Å². The molecule has 0 bridgehead atoms. The summed E-state index contributed by atoms with van der Waals surface area (Å²) >= 11 is 1.84. The minimum absolute atomic E-state index is 0. The molecule has 0 aliphatic carbocycles. The van der Waals surface area contributed by atoms with Crippen molar-refractivity contribution in [1.82, 2.24) is 15.5 Å². The standard InChI is InChI=1S/C20H27N3OS.ClH/c24-20(18-7-3-9-21-18)22-11-15-5-4-10-23(12-15)13-16-14-25-19-8-2-1-6-17(16)19;/h1-2,6,8,14-15,18,21H,3-5,7,9-13H2,(H,22,24);1H. The van der Waals surface area contributed by atoms with Crippen LogP contribution in [-0.4, -0.2) is 43.0 Å². The predicted molar refractivity (Wildman–Crippen MR) is 111 cm³/mol. The molecule has 1 amide bonds. The van der Waals surface area contributed by atoms with Crippen molar-refractivity contribution in [2.45, 2.75) is 38.3 Å². The summed E-state index contributed by atoms with van der Waals surface area (Å²) in [6.07, 6.45) is 4.54. The van der Waals surface area contributed by atoms with Crippen LogP contribution in [0.2, 0.25) is 0 Å². The predicted octanol–water partition coefficient (Wildman–Crippen LogP) is 3.40. The van der Waals surface area contributed by atoms with Gasteiger partial charge in [0.05, 0.1) is 6.04 Å². The number of halogens is 1. The van der Waals surface area contributed by atoms with E-state index in [9.17, 15) is 4.79 Å². The van der Waals surface area contributed by atoms with E-state index >= 15 is 0 Å². The van der Waals surface area contributed by atoms with Gasteiger partial charge in [-0.3, -0.25) is 9.69 Å². The molecule has 6 heteroatoms. The van der Waals surface area contributed by atoms with Gasteiger partial charge >= 0.3 is 0 Å². The second kappa shape index (κ2) is 9.18. The van der Waals surface area contributed by atoms with Crippen LogP contribution >= 0.6 is 23.7 Å². The Labute approximate surface area is 165 Å². The topological polar surface area (TPSA) is 44.4 Å². The van der Waals surface area contributed by atoms with Gasteiger partial charge in [-0.15, -0.1) is 23.7 Å². The number of piperidine rings is 1. The minimum Gasteiger partial charge on any atom is -0.354 e. The van der Waals surface area contributed by atoms with Crippen molar-refractivity contribution in [3.05, 3.63) is 35.2 Å². The van der Waals surface area contributed by atoms with Crippen molar-refractivity contribution in [3.63, 3.8) is 0 Å². The molecule has 26 heavy (non-hydrogen) atoms. The average molecular weight is 394 g/mol. The number of carbonyl (C=O) groups is 1. The number of amides is 1. The van der Waals surface area contributed by atoms with E-state index in [1.807, 2.05) is 11.3 Å². The normalized spacial score (nSPS) is 23.7. The Morgan fingerprint density at radius 2 is 2.15 bits per heavy atom. The third-order valence-corrected chi connectivity index (χ3v) is 6.51. The highest BCUT2D eigenvalue weighted by Crippen LogP contribution is 2.28. The molecular weight excluding hydrogens is 366 g/mol. The maximum absolute atomic E-state index is 12.2. The Morgan fingerprint density at radius 1 is 1.27 bits per heavy atom. The molecule has 0 saturated carbocycles. The fraction of sp³-hybridized carbons (Fsp3) is 0.550. The second-order valence-corrected chi connectivity index (χ2v) is 8.31. The van der Waals surface area contributed by atoms with Gasteiger partial charge in [-0.25, -0.2) is 0 Å². The number of nitrogens with zero attached hydrogens (tertiary/aromatic N) is 1. The maximum atomic E-state index is 12.2. The number of hydrogen-bond acceptors (Lipinski definition) is 4. The molecule has 3 heterocycles. The molecular formula is C20H28ClN3OS. The van der Waals surface area contributed by atoms with E-state index in [0.717, 1.165) is 39.0 Å². The molecule has 0 spiro atoms. The highest BCUT2D eigenvalue weighted by atomic mass is 35.5. The summed E-state index contributed by atoms with van der Waals surface area (Å²) in [5.74, 6) is 0.766. The Morgan fingerprint density at radius 3 is 3.00 bits per heavy atom. The van der Waals surface area contributed by atoms with Crippen LogP contribution < -0.4 is 10.6 Å². The average Bonchev–Trinajstić information content (AvgIpc) is 3.31. The van der Waals surface area contributed by atoms with Crippen molar-refractivity contribution in [3.8, 4) is 0 Å². The molecule has 1 aromatic carbocycles. The SMILES string of the molecule is Cl.O=C(NCC1CCCN(Cc2csc3ccccc23)C1)C1CCCN1. The lowest BCUT2D eigenvalue weighted by Crippen LogP contribution is -2.45. The molecule has 2 aliphatic heterocycles. The van der Waals surface area contributed by atoms with Crippen molar-refractivity contribution >= 4 is 39.7 Å². The highest BCUT2D eigenvalue weighted by molar-refractivity contribution is 7.17. The van der Waals surface area contributed by atoms with Gasteiger partial charge in [0.15, 0.2) is 0 Å². The molecule has 1 aromatic heterocycles. The summed E-state index contributed by atoms with van der Waals surface area (Å²) in [6, 6.07) is 8.72. The van der Waals surface area contributed by atoms with Crippen LogP contribution in [0.1, 0.15) is 31.2 Å². The van der Waals surface area contributed by atoms with Crippen LogP contribution in [-0.2, 0) is 11.3 Å². The molecule has 2 saturated heterocycles. The minimum atomic E-state index is 0. The van der Waals surface area contributed by atoms with E-state index in [2.05, 4.69) is 45.2 Å². The molecule has 4 nitrogen and oxygen atoms in total. The summed E-state index contributed by atoms with van der Waals surface area (Å²) in [4.78, 5) is 14.7. The van der Waals surface area contributed by atoms with E-state index in [4.69, 9.17) is 0 Å². The van der Waals surface area contributed by atoms with E-state index in [1.165, 1.54) is 35.0 Å². The largest absolute Gasteiger partial charge is 0.354 e. The number of likely N-dealkylation sites (tertiary alicyclic amines) is 1. The lowest BCUT2D eigenvalue weighted by atomic mass is 9.97. The van der Waals surface area contributed by atoms with Gasteiger partial charge in [-0.05, 0) is 67.1 Å². The van der Waals surface area contributed by atoms with E-state index in [0.29, 0.717) is 5.92 Å². The third kappa shape index (κ3) is 4.58. The van der Waals surface area contributed by atoms with Crippen molar-refractivity contribution in [2.24, 2.45) is 5.92 Å². The number of carbonyl (C=O) groups excluding carboxylic acids is 1. The molecule has 2 atom stereocenters. The number of fused-ring (bicyclic) bond motifs is 1. The molecule has 2 fully saturated rings. The Balaban J connectivity index is 0.00000196. The molecule has 2 N–H and O–H groups in total. The van der Waals surface area contributed by atoms with Crippen LogP contribution in [0.4, 0.5) is 0 Å². The summed E-state index contributed by atoms with van der Waals surface area (Å²) in [5.41, 5.74) is 1.44. The number of nitrogens with one attached hydrogen (secondary N) is 2. The quantitative estimate of drug-likeness (QED) is 0.818. The smallest absolute Gasteiger partial charge is 0.237 e. The van der Waals surface area contributed by atoms with Crippen molar-refractivity contribution in [2.75, 3.05) is 26.2 Å². The highest BCUT2D eigenvalue weighted by Gasteiger charge is 2.25. The number of benzene rings is 1. The Hall–Kier alpha value is -1.14. The van der Waals surface area contributed by atoms with Gasteiger partial charge < -0.3 is 10.6 Å². The molecule has 2 aromatic rings. The van der Waals surface area contributed by atoms with Crippen LogP contribution in [0, 0.1) is 5.92 Å². The molecule has 0 radical (unpaired) electrons. The first-order valence-electron chi connectivity index (χ1n) is 9.48. The van der Waals surface area contributed by atoms with Crippen LogP contribution in [0.15, 0.2) is 29.6 Å². The lowest BCUT2D eigenvalue weighted by Gasteiger charge is -2.33. The summed E-state index contributed by atoms with van der Waals surface area (Å²) < 4.78 is 1.38. The summed E-state index contributed by atoms with van der Waals surface area (Å²) in [5, 5.41) is 10.2. The summed E-state index contributed by atoms with van der Waals surface area (Å²) in [6.45, 7) is 5.07.